The van der Waals surface area contributed by atoms with Crippen LogP contribution in [-0.2, 0) is 16.8 Å². The van der Waals surface area contributed by atoms with Crippen molar-refractivity contribution in [3.63, 3.8) is 0 Å². The van der Waals surface area contributed by atoms with E-state index in [1.807, 2.05) is 25.1 Å². The van der Waals surface area contributed by atoms with Gasteiger partial charge in [-0.05, 0) is 38.0 Å². The summed E-state index contributed by atoms with van der Waals surface area (Å²) in [5, 5.41) is 13.0. The number of carbonyl (C=O) groups excluding carboxylic acids is 1. The van der Waals surface area contributed by atoms with E-state index in [0.717, 1.165) is 5.56 Å². The van der Waals surface area contributed by atoms with E-state index in [-0.39, 0.29) is 12.5 Å². The number of amides is 1. The molecule has 0 aliphatic rings. The van der Waals surface area contributed by atoms with Crippen LogP contribution in [0, 0.1) is 6.92 Å². The maximum atomic E-state index is 11.9. The highest BCUT2D eigenvalue weighted by Gasteiger charge is 2.26. The fourth-order valence-electron chi connectivity index (χ4n) is 2.16. The first-order chi connectivity index (χ1) is 9.97. The lowest BCUT2D eigenvalue weighted by Crippen LogP contribution is -2.38. The molecule has 2 aromatic rings. The Labute approximate surface area is 124 Å². The van der Waals surface area contributed by atoms with Crippen molar-refractivity contribution in [3.8, 4) is 0 Å². The molecule has 0 spiro atoms. The minimum absolute atomic E-state index is 0.0802. The summed E-state index contributed by atoms with van der Waals surface area (Å²) in [5.41, 5.74) is 1.14. The number of aryl methyl sites for hydroxylation is 2. The van der Waals surface area contributed by atoms with E-state index in [4.69, 9.17) is 4.42 Å². The third-order valence-corrected chi connectivity index (χ3v) is 3.40. The van der Waals surface area contributed by atoms with E-state index in [1.165, 1.54) is 11.8 Å². The summed E-state index contributed by atoms with van der Waals surface area (Å²) in [6.07, 6.45) is 2.59. The molecule has 0 fully saturated rings. The summed E-state index contributed by atoms with van der Waals surface area (Å²) < 4.78 is 5.17. The Bertz CT molecular complexity index is 588. The average Bonchev–Trinajstić information content (AvgIpc) is 2.98. The highest BCUT2D eigenvalue weighted by molar-refractivity contribution is 5.76. The molecular weight excluding hydrogens is 266 g/mol. The van der Waals surface area contributed by atoms with Gasteiger partial charge in [0.15, 0.2) is 0 Å². The Morgan fingerprint density at radius 1 is 1.33 bits per heavy atom. The molecular formula is C17H21NO3. The van der Waals surface area contributed by atoms with Crippen LogP contribution >= 0.6 is 0 Å². The molecule has 4 heteroatoms. The molecule has 2 N–H and O–H groups in total. The lowest BCUT2D eigenvalue weighted by atomic mass is 10.0. The number of hydrogen-bond donors (Lipinski definition) is 2. The van der Waals surface area contributed by atoms with Crippen molar-refractivity contribution >= 4 is 5.91 Å². The van der Waals surface area contributed by atoms with Crippen LogP contribution in [0.1, 0.15) is 30.2 Å². The number of carbonyl (C=O) groups is 1. The number of aliphatic hydroxyl groups is 1. The van der Waals surface area contributed by atoms with Crippen molar-refractivity contribution < 1.29 is 14.3 Å². The van der Waals surface area contributed by atoms with E-state index >= 15 is 0 Å². The topological polar surface area (TPSA) is 62.5 Å². The predicted molar refractivity (Wildman–Crippen MR) is 80.8 cm³/mol. The van der Waals surface area contributed by atoms with Gasteiger partial charge in [-0.2, -0.15) is 0 Å². The Morgan fingerprint density at radius 3 is 2.81 bits per heavy atom. The summed E-state index contributed by atoms with van der Waals surface area (Å²) in [4.78, 5) is 11.9. The molecule has 1 heterocycles. The van der Waals surface area contributed by atoms with Crippen LogP contribution in [0.4, 0.5) is 0 Å². The zero-order valence-corrected chi connectivity index (χ0v) is 12.4. The van der Waals surface area contributed by atoms with E-state index in [9.17, 15) is 9.90 Å². The average molecular weight is 287 g/mol. The van der Waals surface area contributed by atoms with Gasteiger partial charge in [-0.3, -0.25) is 4.79 Å². The van der Waals surface area contributed by atoms with Crippen LogP contribution in [0.25, 0.3) is 0 Å². The molecule has 1 amide bonds. The molecule has 0 saturated heterocycles. The van der Waals surface area contributed by atoms with Gasteiger partial charge in [0.2, 0.25) is 5.91 Å². The summed E-state index contributed by atoms with van der Waals surface area (Å²) in [6, 6.07) is 11.5. The molecule has 112 valence electrons. The van der Waals surface area contributed by atoms with Gasteiger partial charge in [0.05, 0.1) is 12.8 Å². The maximum absolute atomic E-state index is 11.9. The van der Waals surface area contributed by atoms with Crippen LogP contribution in [0.5, 0.6) is 0 Å². The van der Waals surface area contributed by atoms with E-state index in [1.54, 1.807) is 19.1 Å². The summed E-state index contributed by atoms with van der Waals surface area (Å²) in [5.74, 6) is 0.366. The number of benzene rings is 1. The van der Waals surface area contributed by atoms with Gasteiger partial charge in [0, 0.05) is 6.42 Å². The molecule has 0 saturated carbocycles. The van der Waals surface area contributed by atoms with Crippen molar-refractivity contribution in [1.82, 2.24) is 5.32 Å². The van der Waals surface area contributed by atoms with Gasteiger partial charge in [-0.15, -0.1) is 0 Å². The first-order valence-electron chi connectivity index (χ1n) is 7.06. The van der Waals surface area contributed by atoms with Crippen molar-refractivity contribution in [2.45, 2.75) is 32.3 Å². The third kappa shape index (κ3) is 4.46. The lowest BCUT2D eigenvalue weighted by Gasteiger charge is -2.21. The molecule has 1 aromatic heterocycles. The van der Waals surface area contributed by atoms with Crippen LogP contribution in [0.2, 0.25) is 0 Å². The molecule has 0 bridgehead atoms. The second-order valence-corrected chi connectivity index (χ2v) is 5.52. The van der Waals surface area contributed by atoms with Gasteiger partial charge in [-0.25, -0.2) is 0 Å². The number of furan rings is 1. The normalized spacial score (nSPS) is 13.7. The number of nitrogens with one attached hydrogen (secondary N) is 1. The summed E-state index contributed by atoms with van der Waals surface area (Å²) in [6.45, 7) is 3.78. The quantitative estimate of drug-likeness (QED) is 0.858. The Morgan fingerprint density at radius 2 is 2.14 bits per heavy atom. The second kappa shape index (κ2) is 6.59. The Hall–Kier alpha value is -2.07. The van der Waals surface area contributed by atoms with Crippen LogP contribution in [0.3, 0.4) is 0 Å². The SMILES string of the molecule is Cc1cccc(CCC(=O)NCC(C)(O)c2ccco2)c1. The minimum atomic E-state index is -1.19. The minimum Gasteiger partial charge on any atom is -0.466 e. The summed E-state index contributed by atoms with van der Waals surface area (Å²) >= 11 is 0. The lowest BCUT2D eigenvalue weighted by molar-refractivity contribution is -0.122. The standard InChI is InChI=1S/C17H21NO3/c1-13-5-3-6-14(11-13)8-9-16(19)18-12-17(2,20)15-7-4-10-21-15/h3-7,10-11,20H,8-9,12H2,1-2H3,(H,18,19). The Balaban J connectivity index is 1.80. The predicted octanol–water partition coefficient (Wildman–Crippen LogP) is 2.54. The molecule has 0 aliphatic heterocycles. The van der Waals surface area contributed by atoms with Crippen LogP contribution in [0.15, 0.2) is 47.1 Å². The third-order valence-electron chi connectivity index (χ3n) is 3.40. The highest BCUT2D eigenvalue weighted by atomic mass is 16.4. The van der Waals surface area contributed by atoms with Crippen molar-refractivity contribution in [2.75, 3.05) is 6.54 Å². The molecule has 2 rings (SSSR count). The first kappa shape index (κ1) is 15.3. The van der Waals surface area contributed by atoms with Gasteiger partial charge in [0.25, 0.3) is 0 Å². The second-order valence-electron chi connectivity index (χ2n) is 5.52. The number of hydrogen-bond acceptors (Lipinski definition) is 3. The smallest absolute Gasteiger partial charge is 0.220 e. The monoisotopic (exact) mass is 287 g/mol. The van der Waals surface area contributed by atoms with Crippen LogP contribution < -0.4 is 5.32 Å². The van der Waals surface area contributed by atoms with Crippen molar-refractivity contribution in [2.24, 2.45) is 0 Å². The first-order valence-corrected chi connectivity index (χ1v) is 7.06. The number of rotatable bonds is 6. The zero-order chi connectivity index (χ0) is 15.3. The maximum Gasteiger partial charge on any atom is 0.220 e. The van der Waals surface area contributed by atoms with Gasteiger partial charge < -0.3 is 14.8 Å². The molecule has 1 aromatic carbocycles. The fraction of sp³-hybridized carbons (Fsp3) is 0.353. The molecule has 0 aliphatic carbocycles. The van der Waals surface area contributed by atoms with Crippen LogP contribution in [-0.4, -0.2) is 17.6 Å². The van der Waals surface area contributed by atoms with Gasteiger partial charge in [-0.1, -0.05) is 29.8 Å². The molecule has 4 nitrogen and oxygen atoms in total. The Kier molecular flexibility index (Phi) is 4.81. The zero-order valence-electron chi connectivity index (χ0n) is 12.4. The highest BCUT2D eigenvalue weighted by Crippen LogP contribution is 2.19. The molecule has 1 atom stereocenters. The van der Waals surface area contributed by atoms with Crippen molar-refractivity contribution in [3.05, 3.63) is 59.5 Å². The van der Waals surface area contributed by atoms with E-state index in [0.29, 0.717) is 18.6 Å². The van der Waals surface area contributed by atoms with Gasteiger partial charge in [0.1, 0.15) is 11.4 Å². The fourth-order valence-corrected chi connectivity index (χ4v) is 2.16. The summed E-state index contributed by atoms with van der Waals surface area (Å²) in [7, 11) is 0. The largest absolute Gasteiger partial charge is 0.466 e. The molecule has 21 heavy (non-hydrogen) atoms. The molecule has 1 unspecified atom stereocenters. The van der Waals surface area contributed by atoms with E-state index < -0.39 is 5.60 Å². The van der Waals surface area contributed by atoms with Crippen molar-refractivity contribution in [1.29, 1.82) is 0 Å². The van der Waals surface area contributed by atoms with E-state index in [2.05, 4.69) is 11.4 Å². The van der Waals surface area contributed by atoms with Gasteiger partial charge >= 0.3 is 0 Å². The molecule has 0 radical (unpaired) electrons.